The average molecular weight is 332 g/mol. The lowest BCUT2D eigenvalue weighted by Gasteiger charge is -2.32. The molecule has 0 unspecified atom stereocenters. The summed E-state index contributed by atoms with van der Waals surface area (Å²) in [5.74, 6) is 0. The first-order chi connectivity index (χ1) is 11.0. The predicted molar refractivity (Wildman–Crippen MR) is 107 cm³/mol. The highest BCUT2D eigenvalue weighted by Crippen LogP contribution is 2.16. The van der Waals surface area contributed by atoms with Gasteiger partial charge in [-0.3, -0.25) is 4.98 Å². The number of rotatable bonds is 5. The maximum atomic E-state index is 9.23. The van der Waals surface area contributed by atoms with Crippen LogP contribution in [0.4, 0.5) is 0 Å². The molecule has 0 aromatic carbocycles. The van der Waals surface area contributed by atoms with Crippen molar-refractivity contribution in [1.82, 2.24) is 4.98 Å². The zero-order valence-corrected chi connectivity index (χ0v) is 16.8. The van der Waals surface area contributed by atoms with Crippen molar-refractivity contribution >= 4 is 7.85 Å². The van der Waals surface area contributed by atoms with E-state index >= 15 is 0 Å². The second-order valence-corrected chi connectivity index (χ2v) is 6.91. The molecule has 1 heterocycles. The molecule has 24 heavy (non-hydrogen) atoms. The average Bonchev–Trinajstić information content (AvgIpc) is 2.52. The van der Waals surface area contributed by atoms with Crippen molar-refractivity contribution in [3.05, 3.63) is 41.6 Å². The number of pyridine rings is 1. The summed E-state index contributed by atoms with van der Waals surface area (Å²) in [6.07, 6.45) is 10.1. The molecule has 136 valence electrons. The normalized spacial score (nSPS) is 11.8. The molecule has 3 N–H and O–H groups in total. The zero-order chi connectivity index (χ0) is 19.2. The van der Waals surface area contributed by atoms with Crippen LogP contribution in [0.25, 0.3) is 0 Å². The molecule has 0 bridgehead atoms. The summed E-state index contributed by atoms with van der Waals surface area (Å²) in [7, 11) is 5.52. The Labute approximate surface area is 151 Å². The number of allylic oxidation sites excluding steroid dienone is 2. The summed E-state index contributed by atoms with van der Waals surface area (Å²) in [5.41, 5.74) is 6.64. The molecule has 1 rings (SSSR count). The molecule has 0 amide bonds. The number of aromatic nitrogens is 1. The van der Waals surface area contributed by atoms with Crippen molar-refractivity contribution in [1.29, 1.82) is 0 Å². The topological polar surface area (TPSA) is 59.1 Å². The largest absolute Gasteiger partial charge is 0.389 e. The van der Waals surface area contributed by atoms with Gasteiger partial charge in [0.2, 0.25) is 0 Å². The maximum Gasteiger partial charge on any atom is 0.107 e. The van der Waals surface area contributed by atoms with Crippen LogP contribution in [0.3, 0.4) is 0 Å². The monoisotopic (exact) mass is 332 g/mol. The lowest BCUT2D eigenvalue weighted by atomic mass is 9.87. The second-order valence-electron chi connectivity index (χ2n) is 6.91. The van der Waals surface area contributed by atoms with Crippen LogP contribution >= 0.6 is 0 Å². The Hall–Kier alpha value is -1.13. The first-order valence-electron chi connectivity index (χ1n) is 8.84. The standard InChI is InChI=1S/C7H13B.C7H9N.C6H15NO/c1-3-5-6-7(8)4-2;1-2-7-3-5-8-6-4-7;1-5(2,7)6(3,4)8/h6H,3-5H2,1-2H3;3-6H,2H2,1H3;8H,7H2,1-4H3/b7-6+;;. The van der Waals surface area contributed by atoms with E-state index in [1.54, 1.807) is 27.7 Å². The third-order valence-electron chi connectivity index (χ3n) is 3.84. The van der Waals surface area contributed by atoms with Gasteiger partial charge in [-0.05, 0) is 64.7 Å². The van der Waals surface area contributed by atoms with Crippen molar-refractivity contribution in [2.45, 2.75) is 85.3 Å². The molecule has 3 nitrogen and oxygen atoms in total. The van der Waals surface area contributed by atoms with Gasteiger partial charge in [-0.2, -0.15) is 0 Å². The fourth-order valence-corrected chi connectivity index (χ4v) is 1.09. The van der Waals surface area contributed by atoms with Gasteiger partial charge in [-0.1, -0.05) is 33.3 Å². The van der Waals surface area contributed by atoms with E-state index in [2.05, 4.69) is 31.8 Å². The van der Waals surface area contributed by atoms with Gasteiger partial charge in [0.25, 0.3) is 0 Å². The van der Waals surface area contributed by atoms with E-state index in [9.17, 15) is 5.11 Å². The van der Waals surface area contributed by atoms with E-state index < -0.39 is 11.1 Å². The Morgan fingerprint density at radius 1 is 1.17 bits per heavy atom. The Morgan fingerprint density at radius 2 is 1.62 bits per heavy atom. The maximum absolute atomic E-state index is 9.23. The minimum atomic E-state index is -0.785. The van der Waals surface area contributed by atoms with Crippen LogP contribution in [0.2, 0.25) is 0 Å². The SMILES string of the molecule is CC(C)(N)C(C)(C)O.CCc1ccncc1.[B]/C(=C/CCC)CC. The van der Waals surface area contributed by atoms with E-state index in [1.807, 2.05) is 24.5 Å². The van der Waals surface area contributed by atoms with Gasteiger partial charge < -0.3 is 10.8 Å². The van der Waals surface area contributed by atoms with Gasteiger partial charge in [0, 0.05) is 17.9 Å². The third kappa shape index (κ3) is 14.5. The molecule has 0 spiro atoms. The lowest BCUT2D eigenvalue weighted by Crippen LogP contribution is -2.52. The van der Waals surface area contributed by atoms with Crippen LogP contribution in [0.1, 0.15) is 73.3 Å². The fraction of sp³-hybridized carbons (Fsp3) is 0.650. The Balaban J connectivity index is 0. The molecule has 0 saturated heterocycles. The highest BCUT2D eigenvalue weighted by atomic mass is 16.3. The molecule has 1 aromatic rings. The number of hydrogen-bond acceptors (Lipinski definition) is 3. The molecule has 0 aliphatic heterocycles. The summed E-state index contributed by atoms with van der Waals surface area (Å²) in [6, 6.07) is 4.06. The quantitative estimate of drug-likeness (QED) is 0.786. The second kappa shape index (κ2) is 13.2. The molecular formula is C20H37BN2O. The number of nitrogens with two attached hydrogens (primary N) is 1. The van der Waals surface area contributed by atoms with E-state index in [1.165, 1.54) is 12.0 Å². The molecular weight excluding hydrogens is 295 g/mol. The minimum Gasteiger partial charge on any atom is -0.389 e. The van der Waals surface area contributed by atoms with Crippen molar-refractivity contribution in [2.75, 3.05) is 0 Å². The van der Waals surface area contributed by atoms with Gasteiger partial charge >= 0.3 is 0 Å². The molecule has 4 heteroatoms. The Morgan fingerprint density at radius 3 is 1.88 bits per heavy atom. The predicted octanol–water partition coefficient (Wildman–Crippen LogP) is 4.39. The van der Waals surface area contributed by atoms with E-state index in [0.29, 0.717) is 0 Å². The number of aliphatic hydroxyl groups is 1. The van der Waals surface area contributed by atoms with Crippen LogP contribution in [0.15, 0.2) is 36.1 Å². The number of unbranched alkanes of at least 4 members (excludes halogenated alkanes) is 1. The van der Waals surface area contributed by atoms with Crippen LogP contribution in [0.5, 0.6) is 0 Å². The van der Waals surface area contributed by atoms with Crippen molar-refractivity contribution < 1.29 is 5.11 Å². The lowest BCUT2D eigenvalue weighted by molar-refractivity contribution is 0.0144. The summed E-state index contributed by atoms with van der Waals surface area (Å²) in [5, 5.41) is 9.23. The van der Waals surface area contributed by atoms with Gasteiger partial charge in [0.15, 0.2) is 0 Å². The van der Waals surface area contributed by atoms with Crippen molar-refractivity contribution in [3.63, 3.8) is 0 Å². The van der Waals surface area contributed by atoms with E-state index in [0.717, 1.165) is 24.7 Å². The molecule has 0 saturated carbocycles. The van der Waals surface area contributed by atoms with Gasteiger partial charge in [-0.15, -0.1) is 5.47 Å². The first kappa shape index (κ1) is 25.1. The fourth-order valence-electron chi connectivity index (χ4n) is 1.09. The third-order valence-corrected chi connectivity index (χ3v) is 3.84. The van der Waals surface area contributed by atoms with Crippen LogP contribution in [0, 0.1) is 0 Å². The number of aryl methyl sites for hydroxylation is 1. The van der Waals surface area contributed by atoms with Gasteiger partial charge in [-0.25, -0.2) is 0 Å². The van der Waals surface area contributed by atoms with Crippen molar-refractivity contribution in [2.24, 2.45) is 5.73 Å². The van der Waals surface area contributed by atoms with Crippen LogP contribution in [-0.4, -0.2) is 29.1 Å². The summed E-state index contributed by atoms with van der Waals surface area (Å²) < 4.78 is 0. The molecule has 0 aliphatic carbocycles. The van der Waals surface area contributed by atoms with Gasteiger partial charge in [0.05, 0.1) is 5.60 Å². The smallest absolute Gasteiger partial charge is 0.107 e. The highest BCUT2D eigenvalue weighted by molar-refractivity contribution is 6.21. The van der Waals surface area contributed by atoms with Crippen molar-refractivity contribution in [3.8, 4) is 0 Å². The number of nitrogens with zero attached hydrogens (tertiary/aromatic N) is 1. The summed E-state index contributed by atoms with van der Waals surface area (Å²) in [6.45, 7) is 13.4. The van der Waals surface area contributed by atoms with Gasteiger partial charge in [0.1, 0.15) is 7.85 Å². The summed E-state index contributed by atoms with van der Waals surface area (Å²) in [4.78, 5) is 3.89. The van der Waals surface area contributed by atoms with E-state index in [-0.39, 0.29) is 0 Å². The van der Waals surface area contributed by atoms with Crippen LogP contribution < -0.4 is 5.73 Å². The zero-order valence-electron chi connectivity index (χ0n) is 16.8. The molecule has 1 aromatic heterocycles. The molecule has 0 fully saturated rings. The molecule has 0 atom stereocenters. The number of hydrogen-bond donors (Lipinski definition) is 2. The molecule has 2 radical (unpaired) electrons. The first-order valence-corrected chi connectivity index (χ1v) is 8.84. The minimum absolute atomic E-state index is 0.507. The van der Waals surface area contributed by atoms with E-state index in [4.69, 9.17) is 13.6 Å². The van der Waals surface area contributed by atoms with Crippen LogP contribution in [-0.2, 0) is 6.42 Å². The Bertz CT molecular complexity index is 419. The molecule has 0 aliphatic rings. The highest BCUT2D eigenvalue weighted by Gasteiger charge is 2.30. The summed E-state index contributed by atoms with van der Waals surface area (Å²) >= 11 is 0. The Kier molecular flexibility index (Phi) is 13.8.